The van der Waals surface area contributed by atoms with Crippen LogP contribution in [0.5, 0.6) is 0 Å². The van der Waals surface area contributed by atoms with E-state index in [0.29, 0.717) is 0 Å². The fourth-order valence-corrected chi connectivity index (χ4v) is 3.13. The summed E-state index contributed by atoms with van der Waals surface area (Å²) in [4.78, 5) is 10.4. The fraction of sp³-hybridized carbons (Fsp3) is 0.300. The third kappa shape index (κ3) is 2.16. The van der Waals surface area contributed by atoms with E-state index in [9.17, 15) is 17.6 Å². The Hall–Kier alpha value is -1.47. The molecule has 2 rings (SSSR count). The lowest BCUT2D eigenvalue weighted by Crippen LogP contribution is -2.52. The molecule has 92 valence electrons. The molecule has 1 N–H and O–H groups in total. The quantitative estimate of drug-likeness (QED) is 0.859. The lowest BCUT2D eigenvalue weighted by molar-refractivity contribution is -0.145. The molecule has 7 heteroatoms. The fourth-order valence-electron chi connectivity index (χ4n) is 1.57. The molecule has 1 aliphatic rings. The second kappa shape index (κ2) is 4.08. The van der Waals surface area contributed by atoms with Gasteiger partial charge in [0.2, 0.25) is 10.0 Å². The zero-order valence-electron chi connectivity index (χ0n) is 8.71. The summed E-state index contributed by atoms with van der Waals surface area (Å²) in [5, 5.41) is 8.65. The maximum Gasteiger partial charge on any atom is 0.309 e. The van der Waals surface area contributed by atoms with Crippen LogP contribution in [-0.4, -0.2) is 36.9 Å². The Bertz CT molecular complexity index is 551. The Morgan fingerprint density at radius 3 is 2.59 bits per heavy atom. The minimum absolute atomic E-state index is 0.0613. The van der Waals surface area contributed by atoms with Gasteiger partial charge in [-0.3, -0.25) is 4.79 Å². The van der Waals surface area contributed by atoms with Crippen LogP contribution in [0.25, 0.3) is 0 Å². The van der Waals surface area contributed by atoms with Crippen LogP contribution >= 0.6 is 0 Å². The highest BCUT2D eigenvalue weighted by atomic mass is 32.2. The van der Waals surface area contributed by atoms with Crippen LogP contribution in [0.3, 0.4) is 0 Å². The number of hydrogen-bond donors (Lipinski definition) is 1. The van der Waals surface area contributed by atoms with Gasteiger partial charge in [-0.05, 0) is 18.2 Å². The molecule has 0 aromatic heterocycles. The molecule has 0 bridgehead atoms. The van der Waals surface area contributed by atoms with Crippen LogP contribution in [0.1, 0.15) is 0 Å². The van der Waals surface area contributed by atoms with Crippen molar-refractivity contribution in [3.8, 4) is 0 Å². The standard InChI is InChI=1S/C10H10FNO4S/c11-8-2-1-3-9(4-8)17(15,16)12-5-7(6-12)10(13)14/h1-4,7H,5-6H2,(H,13,14). The smallest absolute Gasteiger partial charge is 0.309 e. The summed E-state index contributed by atoms with van der Waals surface area (Å²) in [5.74, 6) is -2.32. The summed E-state index contributed by atoms with van der Waals surface area (Å²) in [5.41, 5.74) is 0. The van der Waals surface area contributed by atoms with Gasteiger partial charge in [0.05, 0.1) is 10.8 Å². The summed E-state index contributed by atoms with van der Waals surface area (Å²) in [7, 11) is -3.76. The number of carboxylic acids is 1. The van der Waals surface area contributed by atoms with Gasteiger partial charge >= 0.3 is 5.97 Å². The third-order valence-electron chi connectivity index (χ3n) is 2.63. The number of carboxylic acid groups (broad SMARTS) is 1. The highest BCUT2D eigenvalue weighted by molar-refractivity contribution is 7.89. The molecular formula is C10H10FNO4S. The van der Waals surface area contributed by atoms with E-state index in [-0.39, 0.29) is 18.0 Å². The SMILES string of the molecule is O=C(O)C1CN(S(=O)(=O)c2cccc(F)c2)C1. The van der Waals surface area contributed by atoms with Crippen molar-refractivity contribution in [3.05, 3.63) is 30.1 Å². The zero-order valence-corrected chi connectivity index (χ0v) is 9.52. The monoisotopic (exact) mass is 259 g/mol. The highest BCUT2D eigenvalue weighted by Gasteiger charge is 2.40. The second-order valence-corrected chi connectivity index (χ2v) is 5.75. The molecule has 5 nitrogen and oxygen atoms in total. The van der Waals surface area contributed by atoms with E-state index < -0.39 is 27.7 Å². The largest absolute Gasteiger partial charge is 0.481 e. The summed E-state index contributed by atoms with van der Waals surface area (Å²) >= 11 is 0. The number of hydrogen-bond acceptors (Lipinski definition) is 3. The number of carbonyl (C=O) groups is 1. The Labute approximate surface area is 97.5 Å². The van der Waals surface area contributed by atoms with E-state index in [0.717, 1.165) is 16.4 Å². The van der Waals surface area contributed by atoms with Crippen molar-refractivity contribution in [3.63, 3.8) is 0 Å². The molecule has 1 aromatic rings. The molecule has 1 saturated heterocycles. The van der Waals surface area contributed by atoms with Gasteiger partial charge in [-0.1, -0.05) is 6.07 Å². The minimum Gasteiger partial charge on any atom is -0.481 e. The Kier molecular flexibility index (Phi) is 2.88. The highest BCUT2D eigenvalue weighted by Crippen LogP contribution is 2.25. The van der Waals surface area contributed by atoms with Gasteiger partial charge in [0.1, 0.15) is 5.82 Å². The van der Waals surface area contributed by atoms with E-state index in [1.165, 1.54) is 12.1 Å². The number of nitrogens with zero attached hydrogens (tertiary/aromatic N) is 1. The number of aliphatic carboxylic acids is 1. The van der Waals surface area contributed by atoms with Crippen LogP contribution < -0.4 is 0 Å². The third-order valence-corrected chi connectivity index (χ3v) is 4.46. The van der Waals surface area contributed by atoms with Gasteiger partial charge in [-0.25, -0.2) is 12.8 Å². The van der Waals surface area contributed by atoms with Gasteiger partial charge in [0.25, 0.3) is 0 Å². The summed E-state index contributed by atoms with van der Waals surface area (Å²) in [6.45, 7) is -0.123. The molecule has 17 heavy (non-hydrogen) atoms. The number of rotatable bonds is 3. The van der Waals surface area contributed by atoms with Gasteiger partial charge in [-0.2, -0.15) is 4.31 Å². The molecule has 0 amide bonds. The molecule has 1 aliphatic heterocycles. The molecule has 1 heterocycles. The van der Waals surface area contributed by atoms with Crippen molar-refractivity contribution in [2.75, 3.05) is 13.1 Å². The molecular weight excluding hydrogens is 249 g/mol. The summed E-state index contributed by atoms with van der Waals surface area (Å²) in [6.07, 6.45) is 0. The molecule has 0 atom stereocenters. The normalized spacial score (nSPS) is 17.7. The number of benzene rings is 1. The Morgan fingerprint density at radius 2 is 2.06 bits per heavy atom. The predicted molar refractivity (Wildman–Crippen MR) is 56.3 cm³/mol. The summed E-state index contributed by atoms with van der Waals surface area (Å²) in [6, 6.07) is 4.65. The maximum atomic E-state index is 12.9. The first-order chi connectivity index (χ1) is 7.91. The minimum atomic E-state index is -3.76. The Balaban J connectivity index is 2.19. The first-order valence-corrected chi connectivity index (χ1v) is 6.34. The van der Waals surface area contributed by atoms with E-state index in [4.69, 9.17) is 5.11 Å². The van der Waals surface area contributed by atoms with Crippen LogP contribution in [-0.2, 0) is 14.8 Å². The first-order valence-electron chi connectivity index (χ1n) is 4.90. The topological polar surface area (TPSA) is 74.7 Å². The molecule has 0 spiro atoms. The maximum absolute atomic E-state index is 12.9. The van der Waals surface area contributed by atoms with E-state index >= 15 is 0 Å². The zero-order chi connectivity index (χ0) is 12.6. The van der Waals surface area contributed by atoms with Gasteiger partial charge in [-0.15, -0.1) is 0 Å². The lowest BCUT2D eigenvalue weighted by atomic mass is 10.0. The second-order valence-electron chi connectivity index (χ2n) is 3.81. The predicted octanol–water partition coefficient (Wildman–Crippen LogP) is 0.531. The number of sulfonamides is 1. The van der Waals surface area contributed by atoms with Crippen molar-refractivity contribution in [2.45, 2.75) is 4.90 Å². The lowest BCUT2D eigenvalue weighted by Gasteiger charge is -2.35. The molecule has 0 radical (unpaired) electrons. The van der Waals surface area contributed by atoms with Crippen LogP contribution in [0.15, 0.2) is 29.2 Å². The number of halogens is 1. The van der Waals surface area contributed by atoms with Crippen LogP contribution in [0.4, 0.5) is 4.39 Å². The molecule has 1 fully saturated rings. The van der Waals surface area contributed by atoms with Crippen molar-refractivity contribution < 1.29 is 22.7 Å². The van der Waals surface area contributed by atoms with E-state index in [1.807, 2.05) is 0 Å². The average Bonchev–Trinajstić information content (AvgIpc) is 2.13. The molecule has 0 saturated carbocycles. The van der Waals surface area contributed by atoms with Gasteiger partial charge < -0.3 is 5.11 Å². The van der Waals surface area contributed by atoms with Crippen molar-refractivity contribution in [2.24, 2.45) is 5.92 Å². The molecule has 1 aromatic carbocycles. The van der Waals surface area contributed by atoms with Crippen molar-refractivity contribution in [1.29, 1.82) is 0 Å². The molecule has 0 unspecified atom stereocenters. The van der Waals surface area contributed by atoms with Crippen molar-refractivity contribution >= 4 is 16.0 Å². The van der Waals surface area contributed by atoms with Crippen molar-refractivity contribution in [1.82, 2.24) is 4.31 Å². The van der Waals surface area contributed by atoms with Crippen LogP contribution in [0, 0.1) is 11.7 Å². The first kappa shape index (κ1) is 12.0. The van der Waals surface area contributed by atoms with E-state index in [2.05, 4.69) is 0 Å². The van der Waals surface area contributed by atoms with Gasteiger partial charge in [0.15, 0.2) is 0 Å². The van der Waals surface area contributed by atoms with Gasteiger partial charge in [0, 0.05) is 13.1 Å². The molecule has 0 aliphatic carbocycles. The van der Waals surface area contributed by atoms with Crippen LogP contribution in [0.2, 0.25) is 0 Å². The Morgan fingerprint density at radius 1 is 1.41 bits per heavy atom. The average molecular weight is 259 g/mol. The summed E-state index contributed by atoms with van der Waals surface area (Å²) < 4.78 is 37.7. The van der Waals surface area contributed by atoms with E-state index in [1.54, 1.807) is 0 Å².